The summed E-state index contributed by atoms with van der Waals surface area (Å²) >= 11 is 1.72. The minimum Gasteiger partial charge on any atom is -0.496 e. The van der Waals surface area contributed by atoms with Gasteiger partial charge in [0, 0.05) is 48.6 Å². The molecule has 0 saturated carbocycles. The summed E-state index contributed by atoms with van der Waals surface area (Å²) in [5.74, 6) is 1.66. The van der Waals surface area contributed by atoms with E-state index in [9.17, 15) is 14.7 Å². The average molecular weight is 697 g/mol. The van der Waals surface area contributed by atoms with Gasteiger partial charge < -0.3 is 30.0 Å². The Morgan fingerprint density at radius 3 is 2.32 bits per heavy atom. The van der Waals surface area contributed by atoms with Crippen molar-refractivity contribution in [2.75, 3.05) is 19.4 Å². The van der Waals surface area contributed by atoms with Crippen molar-refractivity contribution >= 4 is 23.6 Å². The monoisotopic (exact) mass is 696 g/mol. The second kappa shape index (κ2) is 18.7. The number of carbonyl (C=O) groups is 2. The van der Waals surface area contributed by atoms with E-state index < -0.39 is 6.29 Å². The number of ether oxygens (including phenoxy) is 3. The lowest BCUT2D eigenvalue weighted by Crippen LogP contribution is -2.38. The van der Waals surface area contributed by atoms with E-state index >= 15 is 0 Å². The third-order valence-electron chi connectivity index (χ3n) is 8.98. The first kappa shape index (κ1) is 37.1. The number of carbonyl (C=O) groups excluding carboxylic acids is 2. The van der Waals surface area contributed by atoms with Crippen molar-refractivity contribution < 1.29 is 28.9 Å². The molecule has 4 aromatic carbocycles. The van der Waals surface area contributed by atoms with Gasteiger partial charge in [-0.05, 0) is 58.9 Å². The zero-order valence-electron chi connectivity index (χ0n) is 29.1. The highest BCUT2D eigenvalue weighted by Crippen LogP contribution is 2.44. The first-order chi connectivity index (χ1) is 24.3. The minimum atomic E-state index is -0.557. The molecule has 0 spiro atoms. The van der Waals surface area contributed by atoms with Gasteiger partial charge in [-0.2, -0.15) is 0 Å². The summed E-state index contributed by atoms with van der Waals surface area (Å²) in [7, 11) is 1.69. The Labute approximate surface area is 299 Å². The number of methoxy groups -OCH3 is 1. The van der Waals surface area contributed by atoms with E-state index in [1.807, 2.05) is 54.6 Å². The van der Waals surface area contributed by atoms with Gasteiger partial charge in [-0.15, -0.1) is 11.8 Å². The van der Waals surface area contributed by atoms with Crippen molar-refractivity contribution in [3.8, 4) is 16.9 Å². The SMILES string of the molecule is COc1ccccc1SCC1OC(c2ccc(-c3cccc(CNC(=O)CCCCCNC(C)=O)c3)cc2)OC(c2ccc(CO)cc2)C1C. The molecular formula is C41H48N2O6S. The van der Waals surface area contributed by atoms with Crippen molar-refractivity contribution in [3.63, 3.8) is 0 Å². The van der Waals surface area contributed by atoms with Crippen LogP contribution in [0.1, 0.15) is 74.2 Å². The number of aliphatic hydroxyl groups excluding tert-OH is 1. The minimum absolute atomic E-state index is 0.00179. The van der Waals surface area contributed by atoms with Crippen LogP contribution in [0.4, 0.5) is 0 Å². The number of amides is 2. The van der Waals surface area contributed by atoms with Crippen LogP contribution >= 0.6 is 11.8 Å². The molecule has 0 aliphatic carbocycles. The zero-order chi connectivity index (χ0) is 35.3. The zero-order valence-corrected chi connectivity index (χ0v) is 29.9. The molecule has 4 unspecified atom stereocenters. The molecule has 0 bridgehead atoms. The van der Waals surface area contributed by atoms with Crippen molar-refractivity contribution in [3.05, 3.63) is 119 Å². The van der Waals surface area contributed by atoms with Crippen LogP contribution in [0.15, 0.2) is 102 Å². The molecule has 4 atom stereocenters. The summed E-state index contributed by atoms with van der Waals surface area (Å²) in [6.45, 7) is 4.79. The summed E-state index contributed by atoms with van der Waals surface area (Å²) in [6.07, 6.45) is 2.19. The largest absolute Gasteiger partial charge is 0.496 e. The molecule has 50 heavy (non-hydrogen) atoms. The highest BCUT2D eigenvalue weighted by Gasteiger charge is 2.38. The number of unbranched alkanes of at least 4 members (excludes halogenated alkanes) is 2. The Kier molecular flexibility index (Phi) is 13.9. The highest BCUT2D eigenvalue weighted by atomic mass is 32.2. The van der Waals surface area contributed by atoms with Crippen LogP contribution < -0.4 is 15.4 Å². The Morgan fingerprint density at radius 2 is 1.58 bits per heavy atom. The Bertz CT molecular complexity index is 1680. The standard InChI is InChI=1S/C41H48N2O6S/c1-28-37(27-50-38-13-7-6-12-36(38)47-3)48-41(49-40(28)33-17-15-30(26-44)16-18-33)34-21-19-32(20-22-34)35-11-9-10-31(24-35)25-43-39(46)14-5-4-8-23-42-29(2)45/h6-7,9-13,15-22,24,28,37,40-41,44H,4-5,8,14,23,25-27H2,1-3H3,(H,42,45)(H,43,46). The molecule has 264 valence electrons. The molecular weight excluding hydrogens is 649 g/mol. The van der Waals surface area contributed by atoms with E-state index in [0.29, 0.717) is 19.5 Å². The fourth-order valence-corrected chi connectivity index (χ4v) is 7.25. The summed E-state index contributed by atoms with van der Waals surface area (Å²) in [5.41, 5.74) is 6.01. The van der Waals surface area contributed by atoms with E-state index in [0.717, 1.165) is 69.0 Å². The second-order valence-electron chi connectivity index (χ2n) is 12.7. The van der Waals surface area contributed by atoms with E-state index in [1.165, 1.54) is 6.92 Å². The van der Waals surface area contributed by atoms with Crippen LogP contribution in [-0.4, -0.2) is 42.4 Å². The Balaban J connectivity index is 1.24. The molecule has 1 heterocycles. The number of aliphatic hydroxyl groups is 1. The second-order valence-corrected chi connectivity index (χ2v) is 13.7. The number of nitrogens with one attached hydrogen (secondary N) is 2. The number of benzene rings is 4. The molecule has 2 amide bonds. The van der Waals surface area contributed by atoms with Gasteiger partial charge in [0.25, 0.3) is 0 Å². The van der Waals surface area contributed by atoms with Gasteiger partial charge in [0.15, 0.2) is 6.29 Å². The molecule has 0 aromatic heterocycles. The van der Waals surface area contributed by atoms with E-state index in [-0.39, 0.29) is 36.5 Å². The lowest BCUT2D eigenvalue weighted by atomic mass is 9.91. The molecule has 3 N–H and O–H groups in total. The van der Waals surface area contributed by atoms with E-state index in [1.54, 1.807) is 18.9 Å². The van der Waals surface area contributed by atoms with Gasteiger partial charge in [0.2, 0.25) is 11.8 Å². The van der Waals surface area contributed by atoms with Gasteiger partial charge in [-0.1, -0.05) is 92.2 Å². The summed E-state index contributed by atoms with van der Waals surface area (Å²) in [5, 5.41) is 15.4. The third-order valence-corrected chi connectivity index (χ3v) is 10.1. The first-order valence-electron chi connectivity index (χ1n) is 17.3. The third kappa shape index (κ3) is 10.4. The summed E-state index contributed by atoms with van der Waals surface area (Å²) < 4.78 is 18.9. The summed E-state index contributed by atoms with van der Waals surface area (Å²) in [4.78, 5) is 24.4. The smallest absolute Gasteiger partial charge is 0.220 e. The molecule has 1 aliphatic rings. The maximum absolute atomic E-state index is 12.4. The fraction of sp³-hybridized carbons (Fsp3) is 0.366. The Morgan fingerprint density at radius 1 is 0.820 bits per heavy atom. The number of rotatable bonds is 16. The lowest BCUT2D eigenvalue weighted by molar-refractivity contribution is -0.268. The van der Waals surface area contributed by atoms with Crippen molar-refractivity contribution in [1.82, 2.24) is 10.6 Å². The van der Waals surface area contributed by atoms with Crippen LogP contribution in [0.5, 0.6) is 5.75 Å². The molecule has 8 nitrogen and oxygen atoms in total. The number of hydrogen-bond acceptors (Lipinski definition) is 7. The van der Waals surface area contributed by atoms with Gasteiger partial charge in [0.1, 0.15) is 5.75 Å². The van der Waals surface area contributed by atoms with Gasteiger partial charge in [0.05, 0.1) is 25.9 Å². The number of thioether (sulfide) groups is 1. The van der Waals surface area contributed by atoms with Crippen molar-refractivity contribution in [1.29, 1.82) is 0 Å². The molecule has 5 rings (SSSR count). The van der Waals surface area contributed by atoms with Gasteiger partial charge >= 0.3 is 0 Å². The number of hydrogen-bond donors (Lipinski definition) is 3. The van der Waals surface area contributed by atoms with Crippen LogP contribution in [0.25, 0.3) is 11.1 Å². The van der Waals surface area contributed by atoms with Crippen LogP contribution in [0, 0.1) is 5.92 Å². The topological polar surface area (TPSA) is 106 Å². The van der Waals surface area contributed by atoms with Crippen molar-refractivity contribution in [2.24, 2.45) is 5.92 Å². The number of para-hydroxylation sites is 1. The highest BCUT2D eigenvalue weighted by molar-refractivity contribution is 7.99. The fourth-order valence-electron chi connectivity index (χ4n) is 6.05. The predicted molar refractivity (Wildman–Crippen MR) is 198 cm³/mol. The molecule has 1 aliphatic heterocycles. The van der Waals surface area contributed by atoms with Gasteiger partial charge in [-0.25, -0.2) is 0 Å². The average Bonchev–Trinajstić information content (AvgIpc) is 3.15. The first-order valence-corrected chi connectivity index (χ1v) is 18.3. The van der Waals surface area contributed by atoms with Crippen LogP contribution in [-0.2, 0) is 32.2 Å². The normalized spacial score (nSPS) is 18.7. The van der Waals surface area contributed by atoms with Crippen molar-refractivity contribution in [2.45, 2.75) is 76.1 Å². The molecule has 9 heteroatoms. The quantitative estimate of drug-likeness (QED) is 0.0813. The van der Waals surface area contributed by atoms with Crippen LogP contribution in [0.3, 0.4) is 0 Å². The predicted octanol–water partition coefficient (Wildman–Crippen LogP) is 7.75. The molecule has 4 aromatic rings. The molecule has 1 saturated heterocycles. The van der Waals surface area contributed by atoms with Crippen LogP contribution in [0.2, 0.25) is 0 Å². The maximum Gasteiger partial charge on any atom is 0.220 e. The van der Waals surface area contributed by atoms with E-state index in [4.69, 9.17) is 14.2 Å². The molecule has 1 fully saturated rings. The lowest BCUT2D eigenvalue weighted by Gasteiger charge is -2.41. The Hall–Kier alpha value is -4.15. The van der Waals surface area contributed by atoms with E-state index in [2.05, 4.69) is 60.0 Å². The summed E-state index contributed by atoms with van der Waals surface area (Å²) in [6, 6.07) is 32.5. The maximum atomic E-state index is 12.4. The molecule has 0 radical (unpaired) electrons. The van der Waals surface area contributed by atoms with Gasteiger partial charge in [-0.3, -0.25) is 9.59 Å².